The predicted molar refractivity (Wildman–Crippen MR) is 239 cm³/mol. The summed E-state index contributed by atoms with van der Waals surface area (Å²) in [5, 5.41) is 14.3. The van der Waals surface area contributed by atoms with Crippen molar-refractivity contribution in [3.8, 4) is 28.7 Å². The van der Waals surface area contributed by atoms with E-state index < -0.39 is 18.1 Å². The molecule has 4 atom stereocenters. The van der Waals surface area contributed by atoms with Crippen LogP contribution in [-0.2, 0) is 35.6 Å². The number of hydrogen-bond donors (Lipinski definition) is 2. The molecule has 8 rings (SSSR count). The van der Waals surface area contributed by atoms with Gasteiger partial charge in [0, 0.05) is 36.5 Å². The SMILES string of the molecule is CC[C@@H](c1ccccc1)N1Cc2cc3c(cc2C[C@H]1C(=O)N[C@@H](Cc1ccc(Oc2ccnc(C)c2C)cc1)C(=O)O)OC[C@H](c1cccc(OCc2ccc(Cl)c(Cl)c2)c1)O3. The Morgan fingerprint density at radius 1 is 0.871 bits per heavy atom. The predicted octanol–water partition coefficient (Wildman–Crippen LogP) is 10.6. The highest BCUT2D eigenvalue weighted by molar-refractivity contribution is 6.42. The number of fused-ring (bicyclic) bond motifs is 2. The van der Waals surface area contributed by atoms with Crippen LogP contribution in [-0.4, -0.2) is 45.6 Å². The molecule has 0 unspecified atom stereocenters. The van der Waals surface area contributed by atoms with Crippen LogP contribution in [0.5, 0.6) is 28.7 Å². The first-order valence-electron chi connectivity index (χ1n) is 20.7. The van der Waals surface area contributed by atoms with Gasteiger partial charge in [-0.15, -0.1) is 0 Å². The van der Waals surface area contributed by atoms with E-state index in [1.807, 2.05) is 92.7 Å². The minimum absolute atomic E-state index is 0.0973. The minimum atomic E-state index is -1.16. The number of hydrogen-bond acceptors (Lipinski definition) is 8. The quantitative estimate of drug-likeness (QED) is 0.110. The lowest BCUT2D eigenvalue weighted by Gasteiger charge is -2.42. The fourth-order valence-corrected chi connectivity index (χ4v) is 8.42. The Balaban J connectivity index is 0.994. The number of carboxylic acids is 1. The minimum Gasteiger partial charge on any atom is -0.489 e. The van der Waals surface area contributed by atoms with E-state index in [1.54, 1.807) is 30.5 Å². The lowest BCUT2D eigenvalue weighted by molar-refractivity contribution is -0.143. The van der Waals surface area contributed by atoms with Crippen molar-refractivity contribution in [1.82, 2.24) is 15.2 Å². The highest BCUT2D eigenvalue weighted by atomic mass is 35.5. The van der Waals surface area contributed by atoms with Crippen molar-refractivity contribution >= 4 is 35.1 Å². The van der Waals surface area contributed by atoms with Crippen LogP contribution in [0.15, 0.2) is 121 Å². The van der Waals surface area contributed by atoms with Gasteiger partial charge in [-0.2, -0.15) is 0 Å². The third-order valence-electron chi connectivity index (χ3n) is 11.6. The molecule has 2 aliphatic heterocycles. The van der Waals surface area contributed by atoms with Crippen LogP contribution in [0.1, 0.15) is 70.1 Å². The molecule has 2 N–H and O–H groups in total. The Bertz CT molecular complexity index is 2570. The van der Waals surface area contributed by atoms with Gasteiger partial charge in [-0.05, 0) is 115 Å². The van der Waals surface area contributed by atoms with E-state index in [4.69, 9.17) is 42.1 Å². The molecule has 3 heterocycles. The molecule has 2 aliphatic rings. The van der Waals surface area contributed by atoms with Crippen molar-refractivity contribution in [3.63, 3.8) is 0 Å². The molecule has 12 heteroatoms. The number of carbonyl (C=O) groups excluding carboxylic acids is 1. The average Bonchev–Trinajstić information content (AvgIpc) is 3.28. The zero-order chi connectivity index (χ0) is 43.3. The molecule has 0 fully saturated rings. The van der Waals surface area contributed by atoms with Crippen LogP contribution in [0.3, 0.4) is 0 Å². The second kappa shape index (κ2) is 18.9. The number of nitrogens with one attached hydrogen (secondary N) is 1. The van der Waals surface area contributed by atoms with Crippen molar-refractivity contribution in [3.05, 3.63) is 176 Å². The summed E-state index contributed by atoms with van der Waals surface area (Å²) >= 11 is 12.3. The number of amides is 1. The van der Waals surface area contributed by atoms with E-state index in [1.165, 1.54) is 0 Å². The smallest absolute Gasteiger partial charge is 0.326 e. The van der Waals surface area contributed by atoms with Crippen molar-refractivity contribution in [2.24, 2.45) is 0 Å². The first-order chi connectivity index (χ1) is 30.0. The highest BCUT2D eigenvalue weighted by Crippen LogP contribution is 2.43. The molecule has 62 heavy (non-hydrogen) atoms. The number of carboxylic acid groups (broad SMARTS) is 1. The van der Waals surface area contributed by atoms with E-state index in [-0.39, 0.29) is 31.1 Å². The number of aromatic nitrogens is 1. The summed E-state index contributed by atoms with van der Waals surface area (Å²) in [4.78, 5) is 33.6. The van der Waals surface area contributed by atoms with Gasteiger partial charge in [-0.3, -0.25) is 14.7 Å². The molecule has 1 aromatic heterocycles. The number of rotatable bonds is 14. The van der Waals surface area contributed by atoms with Gasteiger partial charge in [0.05, 0.1) is 16.1 Å². The maximum Gasteiger partial charge on any atom is 0.326 e. The van der Waals surface area contributed by atoms with E-state index in [9.17, 15) is 14.7 Å². The van der Waals surface area contributed by atoms with Gasteiger partial charge in [0.2, 0.25) is 5.91 Å². The Hall–Kier alpha value is -6.07. The number of halogens is 2. The summed E-state index contributed by atoms with van der Waals surface area (Å²) < 4.78 is 25.1. The van der Waals surface area contributed by atoms with Gasteiger partial charge >= 0.3 is 5.97 Å². The number of ether oxygens (including phenoxy) is 4. The molecule has 10 nitrogen and oxygen atoms in total. The summed E-state index contributed by atoms with van der Waals surface area (Å²) in [6.07, 6.45) is 2.50. The van der Waals surface area contributed by atoms with E-state index in [2.05, 4.69) is 34.3 Å². The number of benzene rings is 5. The fraction of sp³-hybridized carbons (Fsp3) is 0.260. The summed E-state index contributed by atoms with van der Waals surface area (Å²) in [7, 11) is 0. The van der Waals surface area contributed by atoms with Gasteiger partial charge in [-0.1, -0.05) is 90.8 Å². The van der Waals surface area contributed by atoms with E-state index >= 15 is 0 Å². The standard InChI is InChI=1S/C50H47Cl2N3O7/c1-4-43(34-9-6-5-7-10-34)55-27-37-26-47-46(60-29-48(62-47)35-11-8-12-39(23-35)59-28-33-15-18-40(51)41(52)21-33)25-36(37)24-44(55)49(56)54-42(50(57)58)22-32-13-16-38(17-14-32)61-45-19-20-53-31(3)30(45)2/h5-21,23,25-26,42-44,48H,4,22,24,27-29H2,1-3H3,(H,54,56)(H,57,58)/t42-,43-,44-,48+/m0/s1. The average molecular weight is 873 g/mol. The molecule has 318 valence electrons. The normalized spacial score (nSPS) is 16.7. The third-order valence-corrected chi connectivity index (χ3v) is 12.3. The second-order valence-corrected chi connectivity index (χ2v) is 16.5. The van der Waals surface area contributed by atoms with Gasteiger partial charge in [0.25, 0.3) is 0 Å². The number of pyridine rings is 1. The monoisotopic (exact) mass is 871 g/mol. The van der Waals surface area contributed by atoms with Crippen LogP contribution >= 0.6 is 23.2 Å². The molecule has 0 saturated heterocycles. The van der Waals surface area contributed by atoms with E-state index in [0.29, 0.717) is 58.4 Å². The maximum absolute atomic E-state index is 14.4. The Morgan fingerprint density at radius 2 is 1.65 bits per heavy atom. The first kappa shape index (κ1) is 42.6. The van der Waals surface area contributed by atoms with Crippen LogP contribution < -0.4 is 24.3 Å². The Labute approximate surface area is 371 Å². The molecule has 5 aromatic carbocycles. The Morgan fingerprint density at radius 3 is 2.40 bits per heavy atom. The number of aryl methyl sites for hydroxylation is 1. The lowest BCUT2D eigenvalue weighted by Crippen LogP contribution is -2.55. The second-order valence-electron chi connectivity index (χ2n) is 15.7. The van der Waals surface area contributed by atoms with Crippen LogP contribution in [0.4, 0.5) is 0 Å². The highest BCUT2D eigenvalue weighted by Gasteiger charge is 2.39. The van der Waals surface area contributed by atoms with Crippen LogP contribution in [0.2, 0.25) is 10.0 Å². The van der Waals surface area contributed by atoms with Gasteiger partial charge in [0.15, 0.2) is 17.6 Å². The Kier molecular flexibility index (Phi) is 13.0. The zero-order valence-corrected chi connectivity index (χ0v) is 36.2. The summed E-state index contributed by atoms with van der Waals surface area (Å²) in [6, 6.07) is 34.4. The summed E-state index contributed by atoms with van der Waals surface area (Å²) in [5.74, 6) is 1.75. The zero-order valence-electron chi connectivity index (χ0n) is 34.6. The van der Waals surface area contributed by atoms with Crippen molar-refractivity contribution in [1.29, 1.82) is 0 Å². The number of nitrogens with zero attached hydrogens (tertiary/aromatic N) is 2. The molecular weight excluding hydrogens is 825 g/mol. The lowest BCUT2D eigenvalue weighted by atomic mass is 9.89. The fourth-order valence-electron chi connectivity index (χ4n) is 8.10. The molecule has 0 aliphatic carbocycles. The third kappa shape index (κ3) is 9.68. The molecule has 0 spiro atoms. The largest absolute Gasteiger partial charge is 0.489 e. The molecule has 1 amide bonds. The molecule has 6 aromatic rings. The first-order valence-corrected chi connectivity index (χ1v) is 21.4. The molecular formula is C50H47Cl2N3O7. The molecule has 0 saturated carbocycles. The van der Waals surface area contributed by atoms with Gasteiger partial charge in [-0.25, -0.2) is 4.79 Å². The van der Waals surface area contributed by atoms with E-state index in [0.717, 1.165) is 51.1 Å². The summed E-state index contributed by atoms with van der Waals surface area (Å²) in [5.41, 5.74) is 7.41. The van der Waals surface area contributed by atoms with Gasteiger partial charge in [0.1, 0.15) is 36.5 Å². The molecule has 0 radical (unpaired) electrons. The van der Waals surface area contributed by atoms with Crippen molar-refractivity contribution in [2.75, 3.05) is 6.61 Å². The number of aliphatic carboxylic acids is 1. The summed E-state index contributed by atoms with van der Waals surface area (Å²) in [6.45, 7) is 7.02. The van der Waals surface area contributed by atoms with Crippen LogP contribution in [0, 0.1) is 13.8 Å². The topological polar surface area (TPSA) is 119 Å². The number of carbonyl (C=O) groups is 2. The van der Waals surface area contributed by atoms with Crippen LogP contribution in [0.25, 0.3) is 0 Å². The van der Waals surface area contributed by atoms with Gasteiger partial charge < -0.3 is 29.4 Å². The maximum atomic E-state index is 14.4. The van der Waals surface area contributed by atoms with Crippen molar-refractivity contribution in [2.45, 2.75) is 77.4 Å². The van der Waals surface area contributed by atoms with Crippen molar-refractivity contribution < 1.29 is 33.6 Å². The molecule has 0 bridgehead atoms.